The van der Waals surface area contributed by atoms with Gasteiger partial charge in [-0.25, -0.2) is 0 Å². The van der Waals surface area contributed by atoms with Crippen molar-refractivity contribution in [3.05, 3.63) is 64.2 Å². The number of aryl methyl sites for hydroxylation is 2. The number of hydrogen-bond acceptors (Lipinski definition) is 2. The van der Waals surface area contributed by atoms with E-state index in [1.165, 1.54) is 0 Å². The molecule has 2 aromatic rings. The highest BCUT2D eigenvalue weighted by atomic mass is 35.5. The smallest absolute Gasteiger partial charge is 0.200 e. The molecule has 0 aromatic heterocycles. The van der Waals surface area contributed by atoms with E-state index in [-0.39, 0.29) is 12.4 Å². The Kier molecular flexibility index (Phi) is 4.23. The van der Waals surface area contributed by atoms with Crippen LogP contribution in [0.15, 0.2) is 42.5 Å². The van der Waals surface area contributed by atoms with E-state index in [2.05, 4.69) is 0 Å². The molecule has 0 heterocycles. The fourth-order valence-corrected chi connectivity index (χ4v) is 2.00. The minimum absolute atomic E-state index is 0.0185. The Hall–Kier alpha value is -1.80. The van der Waals surface area contributed by atoms with Crippen molar-refractivity contribution < 1.29 is 9.53 Å². The summed E-state index contributed by atoms with van der Waals surface area (Å²) in [5.74, 6) is 0.576. The van der Waals surface area contributed by atoms with Crippen LogP contribution < -0.4 is 4.74 Å². The summed E-state index contributed by atoms with van der Waals surface area (Å²) in [5, 5.41) is 0.594. The molecule has 0 N–H and O–H groups in total. The Bertz CT molecular complexity index is 605. The van der Waals surface area contributed by atoms with Gasteiger partial charge in [-0.05, 0) is 43.7 Å². The molecular formula is C16H15ClO2. The quantitative estimate of drug-likeness (QED) is 0.781. The third kappa shape index (κ3) is 3.58. The highest BCUT2D eigenvalue weighted by Crippen LogP contribution is 2.18. The van der Waals surface area contributed by atoms with Crippen molar-refractivity contribution >= 4 is 17.4 Å². The van der Waals surface area contributed by atoms with Gasteiger partial charge in [-0.2, -0.15) is 0 Å². The lowest BCUT2D eigenvalue weighted by Crippen LogP contribution is -2.13. The highest BCUT2D eigenvalue weighted by molar-refractivity contribution is 6.30. The predicted molar refractivity (Wildman–Crippen MR) is 77.2 cm³/mol. The number of ketones is 1. The summed E-state index contributed by atoms with van der Waals surface area (Å²) in [7, 11) is 0. The minimum Gasteiger partial charge on any atom is -0.485 e. The summed E-state index contributed by atoms with van der Waals surface area (Å²) in [6, 6.07) is 12.9. The Labute approximate surface area is 118 Å². The van der Waals surface area contributed by atoms with Crippen molar-refractivity contribution in [2.45, 2.75) is 13.8 Å². The largest absolute Gasteiger partial charge is 0.485 e. The van der Waals surface area contributed by atoms with Crippen LogP contribution in [0.1, 0.15) is 21.5 Å². The van der Waals surface area contributed by atoms with Crippen LogP contribution in [0.25, 0.3) is 0 Å². The first kappa shape index (κ1) is 13.6. The van der Waals surface area contributed by atoms with Crippen LogP contribution in [0, 0.1) is 13.8 Å². The van der Waals surface area contributed by atoms with Gasteiger partial charge in [0.05, 0.1) is 0 Å². The van der Waals surface area contributed by atoms with Crippen molar-refractivity contribution in [3.63, 3.8) is 0 Å². The van der Waals surface area contributed by atoms with E-state index in [0.717, 1.165) is 11.1 Å². The van der Waals surface area contributed by atoms with Gasteiger partial charge in [0.2, 0.25) is 0 Å². The lowest BCUT2D eigenvalue weighted by Gasteiger charge is -2.08. The summed E-state index contributed by atoms with van der Waals surface area (Å²) >= 11 is 5.86. The van der Waals surface area contributed by atoms with E-state index in [9.17, 15) is 4.79 Å². The first-order chi connectivity index (χ1) is 9.06. The fraction of sp³-hybridized carbons (Fsp3) is 0.188. The third-order valence-electron chi connectivity index (χ3n) is 2.86. The van der Waals surface area contributed by atoms with E-state index >= 15 is 0 Å². The lowest BCUT2D eigenvalue weighted by atomic mass is 10.0. The van der Waals surface area contributed by atoms with Crippen molar-refractivity contribution in [2.24, 2.45) is 0 Å². The Morgan fingerprint density at radius 2 is 1.95 bits per heavy atom. The molecule has 2 aromatic carbocycles. The van der Waals surface area contributed by atoms with Crippen molar-refractivity contribution in [1.82, 2.24) is 0 Å². The molecule has 3 heteroatoms. The van der Waals surface area contributed by atoms with Crippen molar-refractivity contribution in [2.75, 3.05) is 6.61 Å². The van der Waals surface area contributed by atoms with Crippen LogP contribution in [-0.4, -0.2) is 12.4 Å². The zero-order valence-corrected chi connectivity index (χ0v) is 11.7. The zero-order valence-electron chi connectivity index (χ0n) is 10.9. The molecule has 0 fully saturated rings. The predicted octanol–water partition coefficient (Wildman–Crippen LogP) is 4.22. The minimum atomic E-state index is -0.0267. The molecule has 0 saturated carbocycles. The van der Waals surface area contributed by atoms with E-state index in [0.29, 0.717) is 16.3 Å². The fourth-order valence-electron chi connectivity index (χ4n) is 1.82. The number of carbonyl (C=O) groups excluding carboxylic acids is 1. The summed E-state index contributed by atoms with van der Waals surface area (Å²) in [6.07, 6.45) is 0. The van der Waals surface area contributed by atoms with Crippen LogP contribution in [0.4, 0.5) is 0 Å². The molecule has 0 aliphatic heterocycles. The van der Waals surface area contributed by atoms with Gasteiger partial charge in [-0.1, -0.05) is 35.4 Å². The average molecular weight is 275 g/mol. The van der Waals surface area contributed by atoms with E-state index < -0.39 is 0 Å². The SMILES string of the molecule is Cc1ccc(C)c(C(=O)COc2cccc(Cl)c2)c1. The Morgan fingerprint density at radius 3 is 2.68 bits per heavy atom. The molecule has 2 nitrogen and oxygen atoms in total. The van der Waals surface area contributed by atoms with Crippen LogP contribution in [0.5, 0.6) is 5.75 Å². The summed E-state index contributed by atoms with van der Waals surface area (Å²) in [4.78, 5) is 12.1. The molecule has 0 atom stereocenters. The van der Waals surface area contributed by atoms with Gasteiger partial charge >= 0.3 is 0 Å². The van der Waals surface area contributed by atoms with E-state index in [1.807, 2.05) is 32.0 Å². The number of rotatable bonds is 4. The summed E-state index contributed by atoms with van der Waals surface area (Å²) < 4.78 is 5.46. The van der Waals surface area contributed by atoms with Crippen LogP contribution in [0.3, 0.4) is 0 Å². The Morgan fingerprint density at radius 1 is 1.16 bits per heavy atom. The number of ether oxygens (including phenoxy) is 1. The molecule has 0 aliphatic rings. The van der Waals surface area contributed by atoms with Gasteiger partial charge < -0.3 is 4.74 Å². The van der Waals surface area contributed by atoms with Crippen molar-refractivity contribution in [1.29, 1.82) is 0 Å². The lowest BCUT2D eigenvalue weighted by molar-refractivity contribution is 0.0921. The number of benzene rings is 2. The number of hydrogen-bond donors (Lipinski definition) is 0. The average Bonchev–Trinajstić information content (AvgIpc) is 2.39. The molecule has 0 aliphatic carbocycles. The molecule has 0 saturated heterocycles. The van der Waals surface area contributed by atoms with Crippen LogP contribution in [-0.2, 0) is 0 Å². The van der Waals surface area contributed by atoms with Crippen molar-refractivity contribution in [3.8, 4) is 5.75 Å². The topological polar surface area (TPSA) is 26.3 Å². The molecule has 0 unspecified atom stereocenters. The van der Waals surface area contributed by atoms with Crippen LogP contribution >= 0.6 is 11.6 Å². The van der Waals surface area contributed by atoms with Gasteiger partial charge in [0.1, 0.15) is 5.75 Å². The number of halogens is 1. The standard InChI is InChI=1S/C16H15ClO2/c1-11-6-7-12(2)15(8-11)16(18)10-19-14-5-3-4-13(17)9-14/h3-9H,10H2,1-2H3. The number of carbonyl (C=O) groups is 1. The van der Waals surface area contributed by atoms with Gasteiger partial charge in [0.15, 0.2) is 12.4 Å². The van der Waals surface area contributed by atoms with E-state index in [4.69, 9.17) is 16.3 Å². The van der Waals surface area contributed by atoms with E-state index in [1.54, 1.807) is 24.3 Å². The second kappa shape index (κ2) is 5.89. The normalized spacial score (nSPS) is 10.3. The zero-order chi connectivity index (χ0) is 13.8. The molecule has 2 rings (SSSR count). The molecular weight excluding hydrogens is 260 g/mol. The molecule has 19 heavy (non-hydrogen) atoms. The van der Waals surface area contributed by atoms with Crippen LogP contribution in [0.2, 0.25) is 5.02 Å². The second-order valence-corrected chi connectivity index (χ2v) is 4.92. The molecule has 0 bridgehead atoms. The molecule has 0 spiro atoms. The monoisotopic (exact) mass is 274 g/mol. The van der Waals surface area contributed by atoms with Gasteiger partial charge in [-0.15, -0.1) is 0 Å². The highest BCUT2D eigenvalue weighted by Gasteiger charge is 2.10. The third-order valence-corrected chi connectivity index (χ3v) is 3.09. The maximum Gasteiger partial charge on any atom is 0.200 e. The maximum atomic E-state index is 12.1. The van der Waals surface area contributed by atoms with Gasteiger partial charge in [-0.3, -0.25) is 4.79 Å². The molecule has 0 radical (unpaired) electrons. The number of Topliss-reactive ketones (excluding diaryl/α,β-unsaturated/α-hetero) is 1. The molecule has 98 valence electrons. The summed E-state index contributed by atoms with van der Waals surface area (Å²) in [5.41, 5.74) is 2.74. The first-order valence-corrected chi connectivity index (χ1v) is 6.43. The maximum absolute atomic E-state index is 12.1. The van der Waals surface area contributed by atoms with Gasteiger partial charge in [0.25, 0.3) is 0 Å². The first-order valence-electron chi connectivity index (χ1n) is 6.05. The summed E-state index contributed by atoms with van der Waals surface area (Å²) in [6.45, 7) is 3.91. The van der Waals surface area contributed by atoms with Gasteiger partial charge in [0, 0.05) is 10.6 Å². The second-order valence-electron chi connectivity index (χ2n) is 4.49. The molecule has 0 amide bonds. The Balaban J connectivity index is 2.07.